The first-order chi connectivity index (χ1) is 6.64. The quantitative estimate of drug-likeness (QED) is 0.796. The van der Waals surface area contributed by atoms with Crippen molar-refractivity contribution < 1.29 is 9.84 Å². The monoisotopic (exact) mass is 192 g/mol. The van der Waals surface area contributed by atoms with Gasteiger partial charge in [-0.2, -0.15) is 0 Å². The topological polar surface area (TPSA) is 29.5 Å². The highest BCUT2D eigenvalue weighted by atomic mass is 16.5. The van der Waals surface area contributed by atoms with Gasteiger partial charge in [0.15, 0.2) is 0 Å². The zero-order chi connectivity index (χ0) is 10.2. The SMILES string of the molecule is COc1cccc([C@](C)(O)C2CC2)c1. The van der Waals surface area contributed by atoms with E-state index in [1.54, 1.807) is 7.11 Å². The number of ether oxygens (including phenoxy) is 1. The minimum Gasteiger partial charge on any atom is -0.497 e. The van der Waals surface area contributed by atoms with Gasteiger partial charge in [0.25, 0.3) is 0 Å². The zero-order valence-corrected chi connectivity index (χ0v) is 8.66. The van der Waals surface area contributed by atoms with Crippen molar-refractivity contribution >= 4 is 0 Å². The van der Waals surface area contributed by atoms with Gasteiger partial charge in [-0.05, 0) is 43.4 Å². The Kier molecular flexibility index (Phi) is 2.23. The first-order valence-electron chi connectivity index (χ1n) is 5.01. The lowest BCUT2D eigenvalue weighted by atomic mass is 9.91. The van der Waals surface area contributed by atoms with Crippen LogP contribution in [0.25, 0.3) is 0 Å². The largest absolute Gasteiger partial charge is 0.497 e. The molecule has 0 heterocycles. The molecule has 1 fully saturated rings. The van der Waals surface area contributed by atoms with E-state index in [4.69, 9.17) is 4.74 Å². The first kappa shape index (κ1) is 9.53. The maximum absolute atomic E-state index is 10.3. The number of aliphatic hydroxyl groups is 1. The Morgan fingerprint density at radius 1 is 1.43 bits per heavy atom. The van der Waals surface area contributed by atoms with E-state index in [1.807, 2.05) is 31.2 Å². The van der Waals surface area contributed by atoms with Crippen LogP contribution in [-0.4, -0.2) is 12.2 Å². The Balaban J connectivity index is 2.30. The van der Waals surface area contributed by atoms with E-state index < -0.39 is 5.60 Å². The Morgan fingerprint density at radius 2 is 2.14 bits per heavy atom. The number of methoxy groups -OCH3 is 1. The van der Waals surface area contributed by atoms with Gasteiger partial charge in [0.2, 0.25) is 0 Å². The fourth-order valence-electron chi connectivity index (χ4n) is 1.82. The van der Waals surface area contributed by atoms with Crippen LogP contribution < -0.4 is 4.74 Å². The number of hydrogen-bond donors (Lipinski definition) is 1. The number of benzene rings is 1. The van der Waals surface area contributed by atoms with Crippen LogP contribution in [0.4, 0.5) is 0 Å². The summed E-state index contributed by atoms with van der Waals surface area (Å²) in [7, 11) is 1.64. The summed E-state index contributed by atoms with van der Waals surface area (Å²) in [6.45, 7) is 1.89. The molecule has 2 heteroatoms. The van der Waals surface area contributed by atoms with Gasteiger partial charge in [-0.15, -0.1) is 0 Å². The van der Waals surface area contributed by atoms with Crippen molar-refractivity contribution in [3.8, 4) is 5.75 Å². The molecule has 1 aromatic rings. The van der Waals surface area contributed by atoms with E-state index in [0.717, 1.165) is 24.2 Å². The van der Waals surface area contributed by atoms with Gasteiger partial charge >= 0.3 is 0 Å². The highest BCUT2D eigenvalue weighted by Gasteiger charge is 2.41. The molecule has 1 saturated carbocycles. The summed E-state index contributed by atoms with van der Waals surface area (Å²) >= 11 is 0. The summed E-state index contributed by atoms with van der Waals surface area (Å²) in [5.74, 6) is 1.23. The summed E-state index contributed by atoms with van der Waals surface area (Å²) in [6, 6.07) is 7.69. The molecule has 1 aliphatic carbocycles. The smallest absolute Gasteiger partial charge is 0.119 e. The van der Waals surface area contributed by atoms with Gasteiger partial charge in [0, 0.05) is 0 Å². The zero-order valence-electron chi connectivity index (χ0n) is 8.66. The lowest BCUT2D eigenvalue weighted by Gasteiger charge is -2.23. The molecule has 1 N–H and O–H groups in total. The normalized spacial score (nSPS) is 20.2. The van der Waals surface area contributed by atoms with E-state index >= 15 is 0 Å². The van der Waals surface area contributed by atoms with Crippen molar-refractivity contribution in [1.82, 2.24) is 0 Å². The average Bonchev–Trinajstić information content (AvgIpc) is 3.01. The van der Waals surface area contributed by atoms with Crippen molar-refractivity contribution in [1.29, 1.82) is 0 Å². The predicted molar refractivity (Wildman–Crippen MR) is 55.3 cm³/mol. The van der Waals surface area contributed by atoms with E-state index in [2.05, 4.69) is 0 Å². The van der Waals surface area contributed by atoms with Crippen LogP contribution in [0.15, 0.2) is 24.3 Å². The molecule has 0 aromatic heterocycles. The van der Waals surface area contributed by atoms with Crippen LogP contribution in [0.3, 0.4) is 0 Å². The summed E-state index contributed by atoms with van der Waals surface area (Å²) in [5.41, 5.74) is 0.272. The summed E-state index contributed by atoms with van der Waals surface area (Å²) in [4.78, 5) is 0. The third-order valence-corrected chi connectivity index (χ3v) is 3.03. The van der Waals surface area contributed by atoms with Crippen LogP contribution in [0.5, 0.6) is 5.75 Å². The second-order valence-corrected chi connectivity index (χ2v) is 4.15. The lowest BCUT2D eigenvalue weighted by Crippen LogP contribution is -2.23. The first-order valence-corrected chi connectivity index (χ1v) is 5.01. The molecule has 1 aromatic carbocycles. The number of hydrogen-bond acceptors (Lipinski definition) is 2. The maximum Gasteiger partial charge on any atom is 0.119 e. The molecule has 0 bridgehead atoms. The van der Waals surface area contributed by atoms with Crippen LogP contribution in [-0.2, 0) is 5.60 Å². The molecular formula is C12H16O2. The molecule has 14 heavy (non-hydrogen) atoms. The van der Waals surface area contributed by atoms with E-state index in [-0.39, 0.29) is 0 Å². The molecule has 0 radical (unpaired) electrons. The maximum atomic E-state index is 10.3. The Bertz CT molecular complexity index is 327. The van der Waals surface area contributed by atoms with Crippen molar-refractivity contribution in [3.63, 3.8) is 0 Å². The van der Waals surface area contributed by atoms with E-state index in [9.17, 15) is 5.11 Å². The van der Waals surface area contributed by atoms with Crippen molar-refractivity contribution in [2.75, 3.05) is 7.11 Å². The fourth-order valence-corrected chi connectivity index (χ4v) is 1.82. The molecule has 1 aliphatic rings. The minimum absolute atomic E-state index is 0.426. The van der Waals surface area contributed by atoms with Crippen LogP contribution in [0.1, 0.15) is 25.3 Å². The van der Waals surface area contributed by atoms with Crippen molar-refractivity contribution in [3.05, 3.63) is 29.8 Å². The third-order valence-electron chi connectivity index (χ3n) is 3.03. The fraction of sp³-hybridized carbons (Fsp3) is 0.500. The Labute approximate surface area is 84.5 Å². The minimum atomic E-state index is -0.686. The Morgan fingerprint density at radius 3 is 2.71 bits per heavy atom. The molecule has 0 aliphatic heterocycles. The molecule has 0 unspecified atom stereocenters. The summed E-state index contributed by atoms with van der Waals surface area (Å²) in [5, 5.41) is 10.3. The highest BCUT2D eigenvalue weighted by Crippen LogP contribution is 2.45. The molecule has 2 nitrogen and oxygen atoms in total. The molecule has 76 valence electrons. The molecule has 0 saturated heterocycles. The highest BCUT2D eigenvalue weighted by molar-refractivity contribution is 5.33. The van der Waals surface area contributed by atoms with Crippen LogP contribution >= 0.6 is 0 Å². The average molecular weight is 192 g/mol. The second-order valence-electron chi connectivity index (χ2n) is 4.15. The third kappa shape index (κ3) is 1.62. The lowest BCUT2D eigenvalue weighted by molar-refractivity contribution is 0.0329. The summed E-state index contributed by atoms with van der Waals surface area (Å²) < 4.78 is 5.14. The standard InChI is InChI=1S/C12H16O2/c1-12(13,9-6-7-9)10-4-3-5-11(8-10)14-2/h3-5,8-9,13H,6-7H2,1-2H3/t12-/m1/s1. The van der Waals surface area contributed by atoms with Gasteiger partial charge in [-0.25, -0.2) is 0 Å². The molecule has 1 atom stereocenters. The second kappa shape index (κ2) is 3.28. The number of rotatable bonds is 3. The van der Waals surface area contributed by atoms with Gasteiger partial charge in [0.1, 0.15) is 5.75 Å². The molecular weight excluding hydrogens is 176 g/mol. The molecule has 0 spiro atoms. The van der Waals surface area contributed by atoms with Gasteiger partial charge in [-0.3, -0.25) is 0 Å². The van der Waals surface area contributed by atoms with Crippen LogP contribution in [0.2, 0.25) is 0 Å². The van der Waals surface area contributed by atoms with Gasteiger partial charge < -0.3 is 9.84 Å². The van der Waals surface area contributed by atoms with Crippen molar-refractivity contribution in [2.24, 2.45) is 5.92 Å². The summed E-state index contributed by atoms with van der Waals surface area (Å²) in [6.07, 6.45) is 2.26. The van der Waals surface area contributed by atoms with Gasteiger partial charge in [-0.1, -0.05) is 12.1 Å². The predicted octanol–water partition coefficient (Wildman–Crippen LogP) is 2.31. The van der Waals surface area contributed by atoms with Crippen molar-refractivity contribution in [2.45, 2.75) is 25.4 Å². The van der Waals surface area contributed by atoms with Crippen LogP contribution in [0, 0.1) is 5.92 Å². The van der Waals surface area contributed by atoms with E-state index in [1.165, 1.54) is 0 Å². The van der Waals surface area contributed by atoms with Gasteiger partial charge in [0.05, 0.1) is 12.7 Å². The molecule has 0 amide bonds. The molecule has 2 rings (SSSR count). The Hall–Kier alpha value is -1.02. The van der Waals surface area contributed by atoms with E-state index in [0.29, 0.717) is 5.92 Å².